The van der Waals surface area contributed by atoms with E-state index in [4.69, 9.17) is 0 Å². The van der Waals surface area contributed by atoms with Gasteiger partial charge in [-0.1, -0.05) is 20.8 Å². The summed E-state index contributed by atoms with van der Waals surface area (Å²) in [5, 5.41) is 0. The third-order valence-corrected chi connectivity index (χ3v) is 3.52. The molecule has 0 amide bonds. The fourth-order valence-corrected chi connectivity index (χ4v) is 2.70. The molecule has 2 rings (SSSR count). The molecule has 0 aromatic heterocycles. The largest absolute Gasteiger partial charge is 0.295 e. The van der Waals surface area contributed by atoms with Crippen molar-refractivity contribution >= 4 is 11.6 Å². The maximum absolute atomic E-state index is 11.7. The highest BCUT2D eigenvalue weighted by Gasteiger charge is 2.63. The SMILES string of the molecule is CC(C)(C)C1CC12CC(=O)C=CC2=O. The smallest absolute Gasteiger partial charge is 0.162 e. The second-order valence-electron chi connectivity index (χ2n) is 5.62. The summed E-state index contributed by atoms with van der Waals surface area (Å²) in [6.45, 7) is 6.42. The van der Waals surface area contributed by atoms with E-state index in [2.05, 4.69) is 20.8 Å². The van der Waals surface area contributed by atoms with Crippen LogP contribution in [0.1, 0.15) is 33.6 Å². The molecule has 1 fully saturated rings. The van der Waals surface area contributed by atoms with Gasteiger partial charge in [-0.05, 0) is 29.9 Å². The first kappa shape index (κ1) is 9.63. The zero-order valence-electron chi connectivity index (χ0n) is 8.96. The van der Waals surface area contributed by atoms with Crippen molar-refractivity contribution in [1.82, 2.24) is 0 Å². The molecule has 0 aromatic carbocycles. The predicted octanol–water partition coefficient (Wildman–Crippen LogP) is 2.14. The lowest BCUT2D eigenvalue weighted by atomic mass is 9.78. The molecule has 2 heteroatoms. The zero-order valence-corrected chi connectivity index (χ0v) is 8.96. The van der Waals surface area contributed by atoms with E-state index in [0.717, 1.165) is 6.42 Å². The minimum Gasteiger partial charge on any atom is -0.295 e. The molecule has 1 spiro atoms. The second-order valence-corrected chi connectivity index (χ2v) is 5.62. The van der Waals surface area contributed by atoms with E-state index in [1.807, 2.05) is 0 Å². The van der Waals surface area contributed by atoms with Gasteiger partial charge in [-0.2, -0.15) is 0 Å². The van der Waals surface area contributed by atoms with Crippen LogP contribution < -0.4 is 0 Å². The van der Waals surface area contributed by atoms with Crippen molar-refractivity contribution in [2.24, 2.45) is 16.7 Å². The fraction of sp³-hybridized carbons (Fsp3) is 0.667. The predicted molar refractivity (Wildman–Crippen MR) is 53.8 cm³/mol. The van der Waals surface area contributed by atoms with E-state index in [9.17, 15) is 9.59 Å². The van der Waals surface area contributed by atoms with Gasteiger partial charge in [-0.15, -0.1) is 0 Å². The molecule has 0 N–H and O–H groups in total. The quantitative estimate of drug-likeness (QED) is 0.589. The standard InChI is InChI=1S/C12H16O2/c1-11(2,3)9-7-12(9)6-8(13)4-5-10(12)14/h4-5,9H,6-7H2,1-3H3. The molecule has 2 nitrogen and oxygen atoms in total. The van der Waals surface area contributed by atoms with Crippen LogP contribution >= 0.6 is 0 Å². The highest BCUT2D eigenvalue weighted by Crippen LogP contribution is 2.64. The van der Waals surface area contributed by atoms with Crippen molar-refractivity contribution in [3.63, 3.8) is 0 Å². The Labute approximate surface area is 84.4 Å². The Morgan fingerprint density at radius 1 is 1.29 bits per heavy atom. The van der Waals surface area contributed by atoms with Crippen molar-refractivity contribution in [3.8, 4) is 0 Å². The molecular formula is C12H16O2. The molecule has 0 radical (unpaired) electrons. The number of allylic oxidation sites excluding steroid dienone is 2. The van der Waals surface area contributed by atoms with Gasteiger partial charge in [0.2, 0.25) is 0 Å². The summed E-state index contributed by atoms with van der Waals surface area (Å²) in [4.78, 5) is 23.0. The Balaban J connectivity index is 2.25. The molecule has 1 saturated carbocycles. The highest BCUT2D eigenvalue weighted by atomic mass is 16.1. The maximum Gasteiger partial charge on any atom is 0.162 e. The van der Waals surface area contributed by atoms with Crippen molar-refractivity contribution in [3.05, 3.63) is 12.2 Å². The average molecular weight is 192 g/mol. The molecule has 2 atom stereocenters. The topological polar surface area (TPSA) is 34.1 Å². The van der Waals surface area contributed by atoms with Crippen LogP contribution in [0, 0.1) is 16.7 Å². The van der Waals surface area contributed by atoms with Gasteiger partial charge in [0.05, 0.1) is 0 Å². The lowest BCUT2D eigenvalue weighted by Crippen LogP contribution is -2.27. The first-order valence-corrected chi connectivity index (χ1v) is 5.12. The van der Waals surface area contributed by atoms with Crippen LogP contribution in [0.25, 0.3) is 0 Å². The monoisotopic (exact) mass is 192 g/mol. The van der Waals surface area contributed by atoms with Crippen LogP contribution in [0.3, 0.4) is 0 Å². The molecule has 0 bridgehead atoms. The van der Waals surface area contributed by atoms with Gasteiger partial charge in [0.1, 0.15) is 0 Å². The first-order chi connectivity index (χ1) is 6.36. The Kier molecular flexibility index (Phi) is 1.76. The van der Waals surface area contributed by atoms with E-state index in [-0.39, 0.29) is 22.4 Å². The number of carbonyl (C=O) groups is 2. The van der Waals surface area contributed by atoms with E-state index in [0.29, 0.717) is 12.3 Å². The van der Waals surface area contributed by atoms with E-state index in [1.165, 1.54) is 12.2 Å². The number of carbonyl (C=O) groups excluding carboxylic acids is 2. The molecule has 0 aliphatic heterocycles. The summed E-state index contributed by atoms with van der Waals surface area (Å²) in [7, 11) is 0. The number of ketones is 2. The summed E-state index contributed by atoms with van der Waals surface area (Å²) in [5.41, 5.74) is -0.175. The summed E-state index contributed by atoms with van der Waals surface area (Å²) < 4.78 is 0. The minimum atomic E-state index is -0.315. The number of rotatable bonds is 0. The van der Waals surface area contributed by atoms with Gasteiger partial charge < -0.3 is 0 Å². The van der Waals surface area contributed by atoms with Crippen LogP contribution in [0.4, 0.5) is 0 Å². The summed E-state index contributed by atoms with van der Waals surface area (Å²) in [6, 6.07) is 0. The van der Waals surface area contributed by atoms with Gasteiger partial charge >= 0.3 is 0 Å². The van der Waals surface area contributed by atoms with Crippen LogP contribution in [0.15, 0.2) is 12.2 Å². The molecule has 0 aromatic rings. The maximum atomic E-state index is 11.7. The summed E-state index contributed by atoms with van der Waals surface area (Å²) in [5.74, 6) is 0.657. The van der Waals surface area contributed by atoms with Gasteiger partial charge in [-0.3, -0.25) is 9.59 Å². The van der Waals surface area contributed by atoms with E-state index in [1.54, 1.807) is 0 Å². The second kappa shape index (κ2) is 2.56. The highest BCUT2D eigenvalue weighted by molar-refractivity contribution is 6.09. The van der Waals surface area contributed by atoms with Crippen molar-refractivity contribution < 1.29 is 9.59 Å². The van der Waals surface area contributed by atoms with Gasteiger partial charge in [0.25, 0.3) is 0 Å². The number of hydrogen-bond acceptors (Lipinski definition) is 2. The lowest BCUT2D eigenvalue weighted by Gasteiger charge is -2.24. The summed E-state index contributed by atoms with van der Waals surface area (Å²) >= 11 is 0. The molecule has 0 heterocycles. The Hall–Kier alpha value is -0.920. The zero-order chi connectivity index (χ0) is 10.6. The van der Waals surface area contributed by atoms with E-state index < -0.39 is 0 Å². The molecule has 76 valence electrons. The van der Waals surface area contributed by atoms with Crippen molar-refractivity contribution in [2.75, 3.05) is 0 Å². The van der Waals surface area contributed by atoms with Gasteiger partial charge in [0, 0.05) is 11.8 Å². The van der Waals surface area contributed by atoms with Crippen molar-refractivity contribution in [1.29, 1.82) is 0 Å². The summed E-state index contributed by atoms with van der Waals surface area (Å²) in [6.07, 6.45) is 4.22. The molecule has 2 unspecified atom stereocenters. The first-order valence-electron chi connectivity index (χ1n) is 5.12. The number of hydrogen-bond donors (Lipinski definition) is 0. The van der Waals surface area contributed by atoms with Gasteiger partial charge in [0.15, 0.2) is 11.6 Å². The molecular weight excluding hydrogens is 176 g/mol. The van der Waals surface area contributed by atoms with Crippen LogP contribution in [-0.4, -0.2) is 11.6 Å². The normalized spacial score (nSPS) is 36.6. The molecule has 0 saturated heterocycles. The molecule has 14 heavy (non-hydrogen) atoms. The lowest BCUT2D eigenvalue weighted by molar-refractivity contribution is -0.126. The third-order valence-electron chi connectivity index (χ3n) is 3.52. The Morgan fingerprint density at radius 3 is 2.43 bits per heavy atom. The van der Waals surface area contributed by atoms with E-state index >= 15 is 0 Å². The van der Waals surface area contributed by atoms with Gasteiger partial charge in [-0.25, -0.2) is 0 Å². The minimum absolute atomic E-state index is 0.108. The van der Waals surface area contributed by atoms with Crippen LogP contribution in [0.5, 0.6) is 0 Å². The van der Waals surface area contributed by atoms with Crippen LogP contribution in [-0.2, 0) is 9.59 Å². The average Bonchev–Trinajstić information content (AvgIpc) is 2.73. The Bertz CT molecular complexity index is 333. The molecule has 2 aliphatic rings. The molecule has 2 aliphatic carbocycles. The van der Waals surface area contributed by atoms with Crippen LogP contribution in [0.2, 0.25) is 0 Å². The fourth-order valence-electron chi connectivity index (χ4n) is 2.70. The Morgan fingerprint density at radius 2 is 1.93 bits per heavy atom. The van der Waals surface area contributed by atoms with Crippen molar-refractivity contribution in [2.45, 2.75) is 33.6 Å². The third kappa shape index (κ3) is 1.24.